The number of carbonyl (C=O) groups excluding carboxylic acids is 4. The van der Waals surface area contributed by atoms with Crippen LogP contribution in [0, 0.1) is 26.1 Å². The second kappa shape index (κ2) is 30.6. The number of anilines is 1. The number of nitrogens with zero attached hydrogens (tertiary/aromatic N) is 3. The van der Waals surface area contributed by atoms with E-state index in [1.807, 2.05) is 42.5 Å². The van der Waals surface area contributed by atoms with Crippen molar-refractivity contribution in [2.75, 3.05) is 77.7 Å². The van der Waals surface area contributed by atoms with Crippen molar-refractivity contribution in [1.82, 2.24) is 15.5 Å². The fraction of sp³-hybridized carbons (Fsp3) is 0.560. The highest BCUT2D eigenvalue weighted by Crippen LogP contribution is 2.30. The number of nitro groups is 2. The van der Waals surface area contributed by atoms with Crippen molar-refractivity contribution in [2.24, 2.45) is 5.92 Å². The summed E-state index contributed by atoms with van der Waals surface area (Å²) < 4.78 is 22.5. The zero-order valence-corrected chi connectivity index (χ0v) is 41.2. The summed E-state index contributed by atoms with van der Waals surface area (Å²) in [6.07, 6.45) is 7.41. The molecule has 1 aliphatic heterocycles. The second-order valence-electron chi connectivity index (χ2n) is 17.7. The Kier molecular flexibility index (Phi) is 24.4. The van der Waals surface area contributed by atoms with E-state index >= 15 is 0 Å². The summed E-state index contributed by atoms with van der Waals surface area (Å²) in [5.41, 5.74) is 2.17. The zero-order valence-electron chi connectivity index (χ0n) is 39.7. The van der Waals surface area contributed by atoms with Gasteiger partial charge in [0.2, 0.25) is 5.91 Å². The number of halogens is 2. The van der Waals surface area contributed by atoms with Crippen LogP contribution in [0.15, 0.2) is 60.7 Å². The number of benzene rings is 3. The first-order chi connectivity index (χ1) is 33.8. The molecule has 1 saturated heterocycles. The topological polar surface area (TPSA) is 231 Å². The maximum absolute atomic E-state index is 13.0. The van der Waals surface area contributed by atoms with E-state index in [1.54, 1.807) is 0 Å². The molecule has 0 bridgehead atoms. The molecule has 3 N–H and O–H groups in total. The van der Waals surface area contributed by atoms with Crippen LogP contribution in [0.1, 0.15) is 98.5 Å². The normalized spacial score (nSPS) is 17.1. The number of hydrogen-bond acceptors (Lipinski definition) is 14. The van der Waals surface area contributed by atoms with E-state index in [0.29, 0.717) is 120 Å². The van der Waals surface area contributed by atoms with Gasteiger partial charge < -0.3 is 34.9 Å². The Morgan fingerprint density at radius 2 is 1.41 bits per heavy atom. The lowest BCUT2D eigenvalue weighted by Crippen LogP contribution is -2.42. The van der Waals surface area contributed by atoms with Gasteiger partial charge in [0.25, 0.3) is 17.3 Å². The van der Waals surface area contributed by atoms with Crippen LogP contribution in [0.2, 0.25) is 10.0 Å². The molecule has 1 heterocycles. The van der Waals surface area contributed by atoms with Crippen LogP contribution in [0.5, 0.6) is 0 Å². The highest BCUT2D eigenvalue weighted by Gasteiger charge is 2.26. The largest absolute Gasteiger partial charge is 0.379 e. The number of ether oxygens (including phenoxy) is 4. The zero-order chi connectivity index (χ0) is 50.1. The highest BCUT2D eigenvalue weighted by atomic mass is 35.5. The summed E-state index contributed by atoms with van der Waals surface area (Å²) >= 11 is 12.2. The van der Waals surface area contributed by atoms with E-state index in [2.05, 4.69) is 20.9 Å². The van der Waals surface area contributed by atoms with Gasteiger partial charge in [0.15, 0.2) is 0 Å². The Morgan fingerprint density at radius 3 is 2.10 bits per heavy atom. The fourth-order valence-corrected chi connectivity index (χ4v) is 8.69. The molecule has 1 aliphatic carbocycles. The molecule has 0 radical (unpaired) electrons. The average molecular weight is 1010 g/mol. The number of ketones is 2. The Labute approximate surface area is 419 Å². The molecule has 0 aromatic heterocycles. The van der Waals surface area contributed by atoms with E-state index in [4.69, 9.17) is 42.1 Å². The van der Waals surface area contributed by atoms with Crippen LogP contribution in [0.3, 0.4) is 0 Å². The molecule has 18 nitrogen and oxygen atoms in total. The molecule has 2 amide bonds. The fourth-order valence-electron chi connectivity index (χ4n) is 8.37. The standard InChI is InChI=1S/C50H66Cl2N6O12/c51-45-18-8-38(32-46(45)52)34-56-23-26-70-44(35-56)17-15-42(59)14-7-36-3-9-39(10-4-36)50(62)55-40-11-5-37(6-12-40)31-43(60)16-20-49(61)54-22-2-25-68-28-30-69-29-27-67-24-1-21-53-47-19-13-41(57(63)64)33-48(47)58(65)66/h3-4,8-10,13,18-19,32-33,37,40,44,53H,1-2,5-7,11-12,14-17,20-31,34-35H2,(H,54,61)(H,55,62)/t37?,40?,44-/m0/s1. The van der Waals surface area contributed by atoms with E-state index < -0.39 is 9.85 Å². The van der Waals surface area contributed by atoms with Gasteiger partial charge in [0.05, 0.1) is 65.1 Å². The van der Waals surface area contributed by atoms with E-state index in [0.717, 1.165) is 62.5 Å². The highest BCUT2D eigenvalue weighted by molar-refractivity contribution is 6.42. The van der Waals surface area contributed by atoms with Crippen LogP contribution in [0.4, 0.5) is 17.1 Å². The molecule has 2 aliphatic rings. The van der Waals surface area contributed by atoms with Crippen molar-refractivity contribution in [1.29, 1.82) is 0 Å². The van der Waals surface area contributed by atoms with Crippen LogP contribution in [-0.2, 0) is 46.3 Å². The molecular formula is C50H66Cl2N6O12. The van der Waals surface area contributed by atoms with Crippen LogP contribution in [-0.4, -0.2) is 123 Å². The van der Waals surface area contributed by atoms with Gasteiger partial charge in [-0.2, -0.15) is 0 Å². The van der Waals surface area contributed by atoms with E-state index in [-0.39, 0.29) is 71.3 Å². The number of nitrogens with one attached hydrogen (secondary N) is 3. The number of aryl methyl sites for hydroxylation is 1. The van der Waals surface area contributed by atoms with Crippen molar-refractivity contribution in [3.8, 4) is 0 Å². The Bertz CT molecular complexity index is 2180. The van der Waals surface area contributed by atoms with Crippen LogP contribution >= 0.6 is 23.2 Å². The van der Waals surface area contributed by atoms with Gasteiger partial charge in [0, 0.05) is 95.7 Å². The molecule has 20 heteroatoms. The molecular weight excluding hydrogens is 947 g/mol. The smallest absolute Gasteiger partial charge is 0.299 e. The lowest BCUT2D eigenvalue weighted by atomic mass is 9.82. The molecule has 0 unspecified atom stereocenters. The number of hydrogen-bond donors (Lipinski definition) is 3. The first kappa shape index (κ1) is 55.8. The number of non-ortho nitro benzene ring substituents is 1. The molecule has 0 spiro atoms. The first-order valence-electron chi connectivity index (χ1n) is 24.2. The molecule has 5 rings (SSSR count). The summed E-state index contributed by atoms with van der Waals surface area (Å²) in [5, 5.41) is 32.1. The number of amides is 2. The predicted molar refractivity (Wildman–Crippen MR) is 265 cm³/mol. The van der Waals surface area contributed by atoms with E-state index in [1.165, 1.54) is 12.1 Å². The predicted octanol–water partition coefficient (Wildman–Crippen LogP) is 8.08. The summed E-state index contributed by atoms with van der Waals surface area (Å²) in [4.78, 5) is 73.9. The van der Waals surface area contributed by atoms with Crippen molar-refractivity contribution in [2.45, 2.75) is 102 Å². The van der Waals surface area contributed by atoms with Crippen LogP contribution < -0.4 is 16.0 Å². The third kappa shape index (κ3) is 20.7. The monoisotopic (exact) mass is 1010 g/mol. The molecule has 1 atom stereocenters. The maximum Gasteiger partial charge on any atom is 0.299 e. The van der Waals surface area contributed by atoms with Gasteiger partial charge in [-0.15, -0.1) is 0 Å². The van der Waals surface area contributed by atoms with Gasteiger partial charge in [0.1, 0.15) is 17.3 Å². The summed E-state index contributed by atoms with van der Waals surface area (Å²) in [6, 6.07) is 16.6. The number of carbonyl (C=O) groups is 4. The van der Waals surface area contributed by atoms with Crippen molar-refractivity contribution in [3.05, 3.63) is 108 Å². The van der Waals surface area contributed by atoms with Gasteiger partial charge >= 0.3 is 0 Å². The minimum absolute atomic E-state index is 0.00277. The Hall–Kier alpha value is -5.08. The van der Waals surface area contributed by atoms with Crippen molar-refractivity contribution in [3.63, 3.8) is 0 Å². The second-order valence-corrected chi connectivity index (χ2v) is 18.5. The molecule has 382 valence electrons. The minimum atomic E-state index is -0.681. The lowest BCUT2D eigenvalue weighted by Gasteiger charge is -2.33. The summed E-state index contributed by atoms with van der Waals surface area (Å²) in [7, 11) is 0. The molecule has 2 fully saturated rings. The third-order valence-corrected chi connectivity index (χ3v) is 13.0. The third-order valence-electron chi connectivity index (χ3n) is 12.3. The quantitative estimate of drug-likeness (QED) is 0.0305. The SMILES string of the molecule is O=C(CCc1ccc(C(=O)NC2CCC(CC(=O)CCC(=O)NCCCOCCOCCOCCCNc3ccc([N+](=O)[O-])cc3[N+](=O)[O-])CC2)cc1)CC[C@H]1CN(Cc2ccc(Cl)c(Cl)c2)CCO1. The maximum atomic E-state index is 13.0. The first-order valence-corrected chi connectivity index (χ1v) is 25.0. The molecule has 3 aromatic carbocycles. The molecule has 70 heavy (non-hydrogen) atoms. The van der Waals surface area contributed by atoms with Gasteiger partial charge in [-0.05, 0) is 98.7 Å². The van der Waals surface area contributed by atoms with Gasteiger partial charge in [-0.3, -0.25) is 44.3 Å². The van der Waals surface area contributed by atoms with E-state index in [9.17, 15) is 39.4 Å². The Morgan fingerprint density at radius 1 is 0.729 bits per heavy atom. The van der Waals surface area contributed by atoms with Gasteiger partial charge in [-0.25, -0.2) is 0 Å². The van der Waals surface area contributed by atoms with Gasteiger partial charge in [-0.1, -0.05) is 41.4 Å². The number of morpholine rings is 1. The number of Topliss-reactive ketones (excluding diaryl/α,β-unsaturated/α-hetero) is 2. The molecule has 1 saturated carbocycles. The number of nitro benzene ring substituents is 2. The average Bonchev–Trinajstić information content (AvgIpc) is 3.35. The number of rotatable bonds is 32. The van der Waals surface area contributed by atoms with Crippen molar-refractivity contribution < 1.29 is 48.0 Å². The van der Waals surface area contributed by atoms with Crippen LogP contribution in [0.25, 0.3) is 0 Å². The minimum Gasteiger partial charge on any atom is -0.379 e. The lowest BCUT2D eigenvalue weighted by molar-refractivity contribution is -0.393. The Balaban J connectivity index is 0.807. The van der Waals surface area contributed by atoms with Crippen molar-refractivity contribution >= 4 is 63.6 Å². The summed E-state index contributed by atoms with van der Waals surface area (Å²) in [6.45, 7) is 6.11. The summed E-state index contributed by atoms with van der Waals surface area (Å²) in [5.74, 6) is 0.212. The molecule has 3 aromatic rings.